The maximum Gasteiger partial charge on any atom is 0.315 e. The van der Waals surface area contributed by atoms with Crippen molar-refractivity contribution in [2.75, 3.05) is 11.9 Å². The standard InChI is InChI=1S/C15H19NO5/c1-4-20-13-6-10-5-8(2)21-12(10)7-11(13)16-14(17)9(3)15(18)19/h6-9H,4-5H2,1-3H3,(H,16,17)(H,18,19). The monoisotopic (exact) mass is 293 g/mol. The van der Waals surface area contributed by atoms with Crippen molar-refractivity contribution in [2.24, 2.45) is 5.92 Å². The molecule has 1 aromatic carbocycles. The van der Waals surface area contributed by atoms with Crippen LogP contribution in [0.4, 0.5) is 5.69 Å². The van der Waals surface area contributed by atoms with E-state index in [4.69, 9.17) is 14.6 Å². The highest BCUT2D eigenvalue weighted by atomic mass is 16.5. The molecule has 2 rings (SSSR count). The average molecular weight is 293 g/mol. The van der Waals surface area contributed by atoms with Gasteiger partial charge in [-0.25, -0.2) is 0 Å². The van der Waals surface area contributed by atoms with Crippen molar-refractivity contribution >= 4 is 17.6 Å². The van der Waals surface area contributed by atoms with Gasteiger partial charge in [0.2, 0.25) is 5.91 Å². The third-order valence-electron chi connectivity index (χ3n) is 3.32. The zero-order valence-corrected chi connectivity index (χ0v) is 12.3. The van der Waals surface area contributed by atoms with Crippen LogP contribution in [0.3, 0.4) is 0 Å². The number of hydrogen-bond donors (Lipinski definition) is 2. The fraction of sp³-hybridized carbons (Fsp3) is 0.467. The van der Waals surface area contributed by atoms with E-state index in [0.717, 1.165) is 12.0 Å². The van der Waals surface area contributed by atoms with E-state index in [-0.39, 0.29) is 6.10 Å². The summed E-state index contributed by atoms with van der Waals surface area (Å²) in [6.45, 7) is 5.60. The molecule has 21 heavy (non-hydrogen) atoms. The highest BCUT2D eigenvalue weighted by molar-refractivity contribution is 6.04. The summed E-state index contributed by atoms with van der Waals surface area (Å²) in [6, 6.07) is 3.53. The van der Waals surface area contributed by atoms with E-state index < -0.39 is 17.8 Å². The SMILES string of the molecule is CCOc1cc2c(cc1NC(=O)C(C)C(=O)O)OC(C)C2. The van der Waals surface area contributed by atoms with Crippen LogP contribution in [0, 0.1) is 5.92 Å². The minimum absolute atomic E-state index is 0.0818. The number of aliphatic carboxylic acids is 1. The Kier molecular flexibility index (Phi) is 4.35. The summed E-state index contributed by atoms with van der Waals surface area (Å²) in [6.07, 6.45) is 0.869. The number of anilines is 1. The van der Waals surface area contributed by atoms with Crippen molar-refractivity contribution in [3.8, 4) is 11.5 Å². The molecule has 1 amide bonds. The zero-order chi connectivity index (χ0) is 15.6. The van der Waals surface area contributed by atoms with E-state index >= 15 is 0 Å². The van der Waals surface area contributed by atoms with E-state index in [1.165, 1.54) is 6.92 Å². The average Bonchev–Trinajstić information content (AvgIpc) is 2.77. The van der Waals surface area contributed by atoms with Crippen molar-refractivity contribution in [3.05, 3.63) is 17.7 Å². The normalized spacial score (nSPS) is 17.6. The van der Waals surface area contributed by atoms with Gasteiger partial charge in [0, 0.05) is 18.1 Å². The van der Waals surface area contributed by atoms with Gasteiger partial charge in [0.05, 0.1) is 12.3 Å². The maximum absolute atomic E-state index is 11.9. The molecule has 0 aromatic heterocycles. The number of nitrogens with one attached hydrogen (secondary N) is 1. The molecule has 1 aliphatic heterocycles. The Morgan fingerprint density at radius 1 is 1.52 bits per heavy atom. The van der Waals surface area contributed by atoms with Crippen molar-refractivity contribution in [3.63, 3.8) is 0 Å². The first-order valence-corrected chi connectivity index (χ1v) is 6.92. The number of rotatable bonds is 5. The molecular formula is C15H19NO5. The summed E-state index contributed by atoms with van der Waals surface area (Å²) in [7, 11) is 0. The van der Waals surface area contributed by atoms with Gasteiger partial charge < -0.3 is 19.9 Å². The number of fused-ring (bicyclic) bond motifs is 1. The number of amides is 1. The molecular weight excluding hydrogens is 274 g/mol. The van der Waals surface area contributed by atoms with E-state index in [2.05, 4.69) is 5.32 Å². The van der Waals surface area contributed by atoms with Crippen molar-refractivity contribution in [1.82, 2.24) is 0 Å². The second kappa shape index (κ2) is 6.03. The Labute approximate surface area is 123 Å². The molecule has 2 atom stereocenters. The zero-order valence-electron chi connectivity index (χ0n) is 12.3. The fourth-order valence-corrected chi connectivity index (χ4v) is 2.17. The Hall–Kier alpha value is -2.24. The summed E-state index contributed by atoms with van der Waals surface area (Å²) >= 11 is 0. The molecule has 0 saturated heterocycles. The van der Waals surface area contributed by atoms with Gasteiger partial charge in [-0.15, -0.1) is 0 Å². The third-order valence-corrected chi connectivity index (χ3v) is 3.32. The van der Waals surface area contributed by atoms with Crippen molar-refractivity contribution < 1.29 is 24.2 Å². The van der Waals surface area contributed by atoms with E-state index in [9.17, 15) is 9.59 Å². The molecule has 0 fully saturated rings. The van der Waals surface area contributed by atoms with Crippen LogP contribution in [0.25, 0.3) is 0 Å². The summed E-state index contributed by atoms with van der Waals surface area (Å²) in [5.74, 6) is -1.66. The van der Waals surface area contributed by atoms with Crippen LogP contribution in [0.1, 0.15) is 26.3 Å². The number of carboxylic acids is 1. The van der Waals surface area contributed by atoms with E-state index in [0.29, 0.717) is 23.8 Å². The quantitative estimate of drug-likeness (QED) is 0.812. The first-order chi connectivity index (χ1) is 9.92. The second-order valence-electron chi connectivity index (χ2n) is 5.07. The van der Waals surface area contributed by atoms with E-state index in [1.54, 1.807) is 6.07 Å². The van der Waals surface area contributed by atoms with Gasteiger partial charge in [-0.1, -0.05) is 0 Å². The molecule has 1 heterocycles. The lowest BCUT2D eigenvalue weighted by atomic mass is 10.1. The Bertz CT molecular complexity index is 569. The van der Waals surface area contributed by atoms with Crippen LogP contribution in [-0.2, 0) is 16.0 Å². The molecule has 1 aliphatic rings. The fourth-order valence-electron chi connectivity index (χ4n) is 2.17. The van der Waals surface area contributed by atoms with Gasteiger partial charge in [-0.2, -0.15) is 0 Å². The van der Waals surface area contributed by atoms with Crippen LogP contribution < -0.4 is 14.8 Å². The van der Waals surface area contributed by atoms with Crippen LogP contribution in [0.2, 0.25) is 0 Å². The largest absolute Gasteiger partial charge is 0.492 e. The highest BCUT2D eigenvalue weighted by Crippen LogP contribution is 2.38. The van der Waals surface area contributed by atoms with Crippen molar-refractivity contribution in [2.45, 2.75) is 33.3 Å². The Balaban J connectivity index is 2.27. The highest BCUT2D eigenvalue weighted by Gasteiger charge is 2.25. The number of carboxylic acid groups (broad SMARTS) is 1. The molecule has 0 radical (unpaired) electrons. The lowest BCUT2D eigenvalue weighted by molar-refractivity contribution is -0.144. The van der Waals surface area contributed by atoms with Crippen molar-refractivity contribution in [1.29, 1.82) is 0 Å². The molecule has 0 spiro atoms. The smallest absolute Gasteiger partial charge is 0.315 e. The van der Waals surface area contributed by atoms with Crippen LogP contribution in [0.5, 0.6) is 11.5 Å². The van der Waals surface area contributed by atoms with Gasteiger partial charge in [-0.3, -0.25) is 9.59 Å². The van der Waals surface area contributed by atoms with Crippen LogP contribution in [0.15, 0.2) is 12.1 Å². The van der Waals surface area contributed by atoms with Gasteiger partial charge in [0.1, 0.15) is 23.5 Å². The predicted octanol–water partition coefficient (Wildman–Crippen LogP) is 2.07. The minimum atomic E-state index is -1.17. The topological polar surface area (TPSA) is 84.9 Å². The lowest BCUT2D eigenvalue weighted by Gasteiger charge is -2.14. The first kappa shape index (κ1) is 15.2. The summed E-state index contributed by atoms with van der Waals surface area (Å²) in [5.41, 5.74) is 1.46. The Morgan fingerprint density at radius 2 is 2.24 bits per heavy atom. The number of carbonyl (C=O) groups excluding carboxylic acids is 1. The summed E-state index contributed by atoms with van der Waals surface area (Å²) in [5, 5.41) is 11.5. The van der Waals surface area contributed by atoms with Gasteiger partial charge in [0.25, 0.3) is 0 Å². The molecule has 2 N–H and O–H groups in total. The number of hydrogen-bond acceptors (Lipinski definition) is 4. The van der Waals surface area contributed by atoms with Gasteiger partial charge >= 0.3 is 5.97 Å². The van der Waals surface area contributed by atoms with E-state index in [1.807, 2.05) is 19.9 Å². The molecule has 1 aromatic rings. The Morgan fingerprint density at radius 3 is 2.86 bits per heavy atom. The van der Waals surface area contributed by atoms with Gasteiger partial charge in [0.15, 0.2) is 0 Å². The third kappa shape index (κ3) is 3.26. The molecule has 0 saturated carbocycles. The number of benzene rings is 1. The summed E-state index contributed by atoms with van der Waals surface area (Å²) < 4.78 is 11.2. The van der Waals surface area contributed by atoms with Crippen LogP contribution >= 0.6 is 0 Å². The molecule has 0 aliphatic carbocycles. The predicted molar refractivity (Wildman–Crippen MR) is 76.8 cm³/mol. The molecule has 6 nitrogen and oxygen atoms in total. The number of ether oxygens (including phenoxy) is 2. The van der Waals surface area contributed by atoms with Gasteiger partial charge in [-0.05, 0) is 26.8 Å². The van der Waals surface area contributed by atoms with Crippen LogP contribution in [-0.4, -0.2) is 29.7 Å². The first-order valence-electron chi connectivity index (χ1n) is 6.92. The number of carbonyl (C=O) groups is 2. The maximum atomic E-state index is 11.9. The second-order valence-corrected chi connectivity index (χ2v) is 5.07. The molecule has 114 valence electrons. The minimum Gasteiger partial charge on any atom is -0.492 e. The molecule has 6 heteroatoms. The lowest BCUT2D eigenvalue weighted by Crippen LogP contribution is -2.27. The molecule has 2 unspecified atom stereocenters. The molecule has 0 bridgehead atoms. The summed E-state index contributed by atoms with van der Waals surface area (Å²) in [4.78, 5) is 22.7.